The summed E-state index contributed by atoms with van der Waals surface area (Å²) in [5.74, 6) is 0.562. The standard InChI is InChI=1S/C14H17Cl2NO/c1-10(18)11-4-6-17(7-5-11)9-12-8-13(15)2-3-14(12)16/h2-3,8,11H,4-7,9H2,1H3. The van der Waals surface area contributed by atoms with Crippen molar-refractivity contribution in [2.45, 2.75) is 26.3 Å². The van der Waals surface area contributed by atoms with Gasteiger partial charge in [0.15, 0.2) is 0 Å². The Morgan fingerprint density at radius 2 is 2.00 bits per heavy atom. The van der Waals surface area contributed by atoms with Gasteiger partial charge in [-0.05, 0) is 56.6 Å². The predicted molar refractivity (Wildman–Crippen MR) is 75.1 cm³/mol. The third kappa shape index (κ3) is 3.47. The quantitative estimate of drug-likeness (QED) is 0.842. The van der Waals surface area contributed by atoms with Crippen molar-refractivity contribution in [3.63, 3.8) is 0 Å². The molecule has 0 aliphatic carbocycles. The zero-order valence-corrected chi connectivity index (χ0v) is 12.0. The molecule has 0 saturated carbocycles. The molecule has 0 atom stereocenters. The minimum absolute atomic E-state index is 0.246. The van der Waals surface area contributed by atoms with Crippen LogP contribution in [-0.2, 0) is 11.3 Å². The number of hydrogen-bond donors (Lipinski definition) is 0. The lowest BCUT2D eigenvalue weighted by molar-refractivity contribution is -0.122. The molecule has 0 radical (unpaired) electrons. The van der Waals surface area contributed by atoms with E-state index >= 15 is 0 Å². The molecule has 0 aromatic heterocycles. The van der Waals surface area contributed by atoms with Crippen LogP contribution in [0.2, 0.25) is 10.0 Å². The SMILES string of the molecule is CC(=O)C1CCN(Cc2cc(Cl)ccc2Cl)CC1. The van der Waals surface area contributed by atoms with Crippen LogP contribution in [0.25, 0.3) is 0 Å². The van der Waals surface area contributed by atoms with Gasteiger partial charge in [0.1, 0.15) is 5.78 Å². The van der Waals surface area contributed by atoms with E-state index in [9.17, 15) is 4.79 Å². The highest BCUT2D eigenvalue weighted by Gasteiger charge is 2.22. The van der Waals surface area contributed by atoms with Crippen molar-refractivity contribution in [2.24, 2.45) is 5.92 Å². The zero-order valence-electron chi connectivity index (χ0n) is 10.5. The van der Waals surface area contributed by atoms with Gasteiger partial charge in [-0.2, -0.15) is 0 Å². The average molecular weight is 286 g/mol. The fourth-order valence-corrected chi connectivity index (χ4v) is 2.77. The number of carbonyl (C=O) groups excluding carboxylic acids is 1. The number of ketones is 1. The summed E-state index contributed by atoms with van der Waals surface area (Å²) >= 11 is 12.1. The van der Waals surface area contributed by atoms with Crippen LogP contribution < -0.4 is 0 Å². The first-order valence-corrected chi connectivity index (χ1v) is 6.98. The Balaban J connectivity index is 1.95. The second-order valence-electron chi connectivity index (χ2n) is 4.90. The van der Waals surface area contributed by atoms with Crippen molar-refractivity contribution in [2.75, 3.05) is 13.1 Å². The molecular weight excluding hydrogens is 269 g/mol. The Kier molecular flexibility index (Phi) is 4.66. The summed E-state index contributed by atoms with van der Waals surface area (Å²) in [4.78, 5) is 13.6. The van der Waals surface area contributed by atoms with E-state index < -0.39 is 0 Å². The van der Waals surface area contributed by atoms with Gasteiger partial charge in [-0.1, -0.05) is 23.2 Å². The van der Waals surface area contributed by atoms with Crippen LogP contribution in [0.5, 0.6) is 0 Å². The van der Waals surface area contributed by atoms with Crippen LogP contribution in [0.1, 0.15) is 25.3 Å². The highest BCUT2D eigenvalue weighted by molar-refractivity contribution is 6.33. The molecule has 1 aliphatic rings. The van der Waals surface area contributed by atoms with E-state index in [4.69, 9.17) is 23.2 Å². The molecule has 2 rings (SSSR count). The van der Waals surface area contributed by atoms with E-state index in [2.05, 4.69) is 4.90 Å². The zero-order chi connectivity index (χ0) is 13.1. The smallest absolute Gasteiger partial charge is 0.133 e. The summed E-state index contributed by atoms with van der Waals surface area (Å²) in [6, 6.07) is 5.55. The van der Waals surface area contributed by atoms with Crippen LogP contribution in [-0.4, -0.2) is 23.8 Å². The van der Waals surface area contributed by atoms with Crippen molar-refractivity contribution < 1.29 is 4.79 Å². The van der Waals surface area contributed by atoms with Gasteiger partial charge in [0.05, 0.1) is 0 Å². The molecule has 0 amide bonds. The number of likely N-dealkylation sites (tertiary alicyclic amines) is 1. The highest BCUT2D eigenvalue weighted by Crippen LogP contribution is 2.25. The van der Waals surface area contributed by atoms with Gasteiger partial charge in [0.25, 0.3) is 0 Å². The van der Waals surface area contributed by atoms with Crippen LogP contribution in [0, 0.1) is 5.92 Å². The lowest BCUT2D eigenvalue weighted by Gasteiger charge is -2.31. The molecule has 0 N–H and O–H groups in total. The van der Waals surface area contributed by atoms with Crippen molar-refractivity contribution in [1.29, 1.82) is 0 Å². The monoisotopic (exact) mass is 285 g/mol. The van der Waals surface area contributed by atoms with E-state index in [0.717, 1.165) is 43.1 Å². The first-order chi connectivity index (χ1) is 8.56. The minimum atomic E-state index is 0.246. The van der Waals surface area contributed by atoms with Crippen molar-refractivity contribution in [1.82, 2.24) is 4.90 Å². The van der Waals surface area contributed by atoms with Gasteiger partial charge < -0.3 is 0 Å². The molecular formula is C14H17Cl2NO. The first kappa shape index (κ1) is 13.9. The van der Waals surface area contributed by atoms with Gasteiger partial charge in [0, 0.05) is 22.5 Å². The topological polar surface area (TPSA) is 20.3 Å². The number of benzene rings is 1. The third-order valence-electron chi connectivity index (χ3n) is 3.56. The van der Waals surface area contributed by atoms with Crippen LogP contribution in [0.15, 0.2) is 18.2 Å². The summed E-state index contributed by atoms with van der Waals surface area (Å²) in [6.07, 6.45) is 1.90. The Morgan fingerprint density at radius 1 is 1.33 bits per heavy atom. The second-order valence-corrected chi connectivity index (χ2v) is 5.74. The summed E-state index contributed by atoms with van der Waals surface area (Å²) < 4.78 is 0. The van der Waals surface area contributed by atoms with Crippen molar-refractivity contribution in [3.05, 3.63) is 33.8 Å². The van der Waals surface area contributed by atoms with Crippen LogP contribution in [0.4, 0.5) is 0 Å². The summed E-state index contributed by atoms with van der Waals surface area (Å²) in [6.45, 7) is 4.40. The predicted octanol–water partition coefficient (Wildman–Crippen LogP) is 3.79. The largest absolute Gasteiger partial charge is 0.300 e. The highest BCUT2D eigenvalue weighted by atomic mass is 35.5. The second kappa shape index (κ2) is 6.05. The van der Waals surface area contributed by atoms with Crippen molar-refractivity contribution >= 4 is 29.0 Å². The summed E-state index contributed by atoms with van der Waals surface area (Å²) in [5, 5.41) is 1.47. The van der Waals surface area contributed by atoms with Gasteiger partial charge in [0.2, 0.25) is 0 Å². The Labute approximate surface area is 118 Å². The van der Waals surface area contributed by atoms with Gasteiger partial charge in [-0.15, -0.1) is 0 Å². The molecule has 1 aliphatic heterocycles. The number of halogens is 2. The molecule has 1 aromatic carbocycles. The third-order valence-corrected chi connectivity index (χ3v) is 4.17. The van der Waals surface area contributed by atoms with E-state index in [-0.39, 0.29) is 5.92 Å². The number of Topliss-reactive ketones (excluding diaryl/α,β-unsaturated/α-hetero) is 1. The van der Waals surface area contributed by atoms with Gasteiger partial charge in [-0.25, -0.2) is 0 Å². The van der Waals surface area contributed by atoms with Crippen LogP contribution >= 0.6 is 23.2 Å². The number of hydrogen-bond acceptors (Lipinski definition) is 2. The molecule has 0 unspecified atom stereocenters. The maximum atomic E-state index is 11.3. The van der Waals surface area contributed by atoms with Gasteiger partial charge >= 0.3 is 0 Å². The molecule has 0 spiro atoms. The van der Waals surface area contributed by atoms with E-state index in [1.807, 2.05) is 12.1 Å². The molecule has 1 aromatic rings. The maximum Gasteiger partial charge on any atom is 0.133 e. The summed E-state index contributed by atoms with van der Waals surface area (Å²) in [7, 11) is 0. The lowest BCUT2D eigenvalue weighted by Crippen LogP contribution is -2.35. The van der Waals surface area contributed by atoms with E-state index in [1.54, 1.807) is 13.0 Å². The van der Waals surface area contributed by atoms with E-state index in [0.29, 0.717) is 10.8 Å². The molecule has 18 heavy (non-hydrogen) atoms. The Morgan fingerprint density at radius 3 is 2.61 bits per heavy atom. The Hall–Kier alpha value is -0.570. The molecule has 2 nitrogen and oxygen atoms in total. The molecule has 0 bridgehead atoms. The normalized spacial score (nSPS) is 17.9. The van der Waals surface area contributed by atoms with Crippen molar-refractivity contribution in [3.8, 4) is 0 Å². The number of carbonyl (C=O) groups is 1. The average Bonchev–Trinajstić information content (AvgIpc) is 2.34. The molecule has 1 heterocycles. The Bertz CT molecular complexity index is 439. The van der Waals surface area contributed by atoms with E-state index in [1.165, 1.54) is 0 Å². The van der Waals surface area contributed by atoms with Gasteiger partial charge in [-0.3, -0.25) is 9.69 Å². The molecule has 4 heteroatoms. The maximum absolute atomic E-state index is 11.3. The number of nitrogens with zero attached hydrogens (tertiary/aromatic N) is 1. The fourth-order valence-electron chi connectivity index (χ4n) is 2.40. The number of piperidine rings is 1. The molecule has 1 fully saturated rings. The minimum Gasteiger partial charge on any atom is -0.300 e. The number of rotatable bonds is 3. The van der Waals surface area contributed by atoms with Crippen LogP contribution in [0.3, 0.4) is 0 Å². The first-order valence-electron chi connectivity index (χ1n) is 6.23. The summed E-state index contributed by atoms with van der Waals surface area (Å²) in [5.41, 5.74) is 1.06. The molecule has 1 saturated heterocycles. The lowest BCUT2D eigenvalue weighted by atomic mass is 9.93. The fraction of sp³-hybridized carbons (Fsp3) is 0.500. The molecule has 98 valence electrons.